The average Bonchev–Trinajstić information content (AvgIpc) is 3.12. The number of nitro benzene ring substituents is 2. The van der Waals surface area contributed by atoms with Crippen molar-refractivity contribution in [2.24, 2.45) is 0 Å². The van der Waals surface area contributed by atoms with Gasteiger partial charge < -0.3 is 16.0 Å². The van der Waals surface area contributed by atoms with Gasteiger partial charge in [0.1, 0.15) is 10.9 Å². The van der Waals surface area contributed by atoms with Gasteiger partial charge >= 0.3 is 0 Å². The number of aryl methyl sites for hydroxylation is 1. The molecule has 0 radical (unpaired) electrons. The highest BCUT2D eigenvalue weighted by Crippen LogP contribution is 2.37. The lowest BCUT2D eigenvalue weighted by Crippen LogP contribution is -2.30. The summed E-state index contributed by atoms with van der Waals surface area (Å²) in [6.45, 7) is 1.67. The van der Waals surface area contributed by atoms with Crippen LogP contribution >= 0.6 is 11.8 Å². The van der Waals surface area contributed by atoms with Crippen LogP contribution in [0.2, 0.25) is 0 Å². The van der Waals surface area contributed by atoms with Crippen LogP contribution in [0.3, 0.4) is 0 Å². The first kappa shape index (κ1) is 34.7. The molecule has 0 aliphatic heterocycles. The van der Waals surface area contributed by atoms with Gasteiger partial charge in [-0.05, 0) is 66.6 Å². The molecule has 0 fully saturated rings. The lowest BCUT2D eigenvalue weighted by molar-refractivity contribution is -0.385. The van der Waals surface area contributed by atoms with Crippen molar-refractivity contribution < 1.29 is 24.2 Å². The number of para-hydroxylation sites is 1. The number of nitrogens with one attached hydrogen (secondary N) is 3. The van der Waals surface area contributed by atoms with Crippen LogP contribution in [0.5, 0.6) is 0 Å². The number of hydrogen-bond acceptors (Lipinski definition) is 8. The summed E-state index contributed by atoms with van der Waals surface area (Å²) in [7, 11) is 0. The summed E-state index contributed by atoms with van der Waals surface area (Å²) in [4.78, 5) is 62.8. The number of carbonyl (C=O) groups is 3. The number of carbonyl (C=O) groups excluding carboxylic acids is 3. The number of anilines is 2. The first-order chi connectivity index (χ1) is 24.1. The van der Waals surface area contributed by atoms with E-state index in [0.717, 1.165) is 0 Å². The molecular weight excluding hydrogens is 659 g/mol. The first-order valence-corrected chi connectivity index (χ1v) is 16.0. The highest BCUT2D eigenvalue weighted by Gasteiger charge is 2.24. The summed E-state index contributed by atoms with van der Waals surface area (Å²) >= 11 is 1.22. The maximum absolute atomic E-state index is 13.7. The Hall–Kier alpha value is -6.60. The largest absolute Gasteiger partial charge is 0.325 e. The van der Waals surface area contributed by atoms with Gasteiger partial charge in [0.15, 0.2) is 0 Å². The molecule has 0 saturated heterocycles. The minimum absolute atomic E-state index is 0.0898. The van der Waals surface area contributed by atoms with Crippen molar-refractivity contribution in [3.05, 3.63) is 176 Å². The number of benzene rings is 5. The van der Waals surface area contributed by atoms with Crippen molar-refractivity contribution in [3.8, 4) is 0 Å². The van der Waals surface area contributed by atoms with Crippen LogP contribution in [0, 0.1) is 27.2 Å². The van der Waals surface area contributed by atoms with E-state index in [1.165, 1.54) is 54.2 Å². The molecule has 0 aliphatic rings. The molecule has 0 aliphatic carbocycles. The normalized spacial score (nSPS) is 11.6. The number of amides is 3. The van der Waals surface area contributed by atoms with Gasteiger partial charge in [0.2, 0.25) is 5.91 Å². The van der Waals surface area contributed by atoms with E-state index >= 15 is 0 Å². The van der Waals surface area contributed by atoms with Crippen molar-refractivity contribution in [2.45, 2.75) is 17.1 Å². The number of thioether (sulfide) groups is 1. The Morgan fingerprint density at radius 2 is 1.42 bits per heavy atom. The van der Waals surface area contributed by atoms with Gasteiger partial charge in [-0.25, -0.2) is 0 Å². The molecule has 50 heavy (non-hydrogen) atoms. The molecule has 3 amide bonds. The molecule has 0 aromatic heterocycles. The lowest BCUT2D eigenvalue weighted by Gasteiger charge is -2.18. The minimum atomic E-state index is -0.754. The van der Waals surface area contributed by atoms with Crippen molar-refractivity contribution in [2.75, 3.05) is 10.6 Å². The van der Waals surface area contributed by atoms with Crippen molar-refractivity contribution in [1.82, 2.24) is 5.32 Å². The Balaban J connectivity index is 1.41. The predicted molar refractivity (Wildman–Crippen MR) is 192 cm³/mol. The molecule has 0 bridgehead atoms. The summed E-state index contributed by atoms with van der Waals surface area (Å²) in [5.74, 6) is -1.69. The smallest absolute Gasteiger partial charge is 0.276 e. The third kappa shape index (κ3) is 8.85. The molecule has 5 aromatic carbocycles. The van der Waals surface area contributed by atoms with Crippen LogP contribution in [-0.2, 0) is 9.59 Å². The second-order valence-corrected chi connectivity index (χ2v) is 12.0. The molecule has 1 unspecified atom stereocenters. The minimum Gasteiger partial charge on any atom is -0.325 e. The van der Waals surface area contributed by atoms with Crippen LogP contribution < -0.4 is 16.0 Å². The van der Waals surface area contributed by atoms with E-state index in [2.05, 4.69) is 16.0 Å². The fourth-order valence-electron chi connectivity index (χ4n) is 4.86. The second kappa shape index (κ2) is 16.0. The third-order valence-electron chi connectivity index (χ3n) is 7.33. The Bertz CT molecular complexity index is 2110. The van der Waals surface area contributed by atoms with Crippen molar-refractivity contribution in [3.63, 3.8) is 0 Å². The summed E-state index contributed by atoms with van der Waals surface area (Å²) in [6.07, 6.45) is 1.24. The van der Waals surface area contributed by atoms with Crippen LogP contribution in [0.15, 0.2) is 138 Å². The SMILES string of the molecule is Cc1cc([N+](=O)[O-])ccc1NC(=O)C(Sc1cccc(NC(=O)/C(=C\c2ccccc2[N+](=O)[O-])NC(=O)c2ccccc2)c1)c1ccccc1. The second-order valence-electron chi connectivity index (χ2n) is 10.8. The van der Waals surface area contributed by atoms with E-state index in [-0.39, 0.29) is 34.1 Å². The average molecular weight is 688 g/mol. The van der Waals surface area contributed by atoms with Gasteiger partial charge in [0.05, 0.1) is 15.4 Å². The zero-order valence-electron chi connectivity index (χ0n) is 26.4. The van der Waals surface area contributed by atoms with Gasteiger partial charge in [0.25, 0.3) is 23.2 Å². The van der Waals surface area contributed by atoms with E-state index in [4.69, 9.17) is 0 Å². The Kier molecular flexibility index (Phi) is 11.1. The van der Waals surface area contributed by atoms with Gasteiger partial charge in [-0.3, -0.25) is 34.6 Å². The quantitative estimate of drug-likeness (QED) is 0.0518. The molecule has 5 rings (SSSR count). The molecule has 0 spiro atoms. The van der Waals surface area contributed by atoms with E-state index in [0.29, 0.717) is 27.4 Å². The Morgan fingerprint density at radius 1 is 0.740 bits per heavy atom. The van der Waals surface area contributed by atoms with Crippen molar-refractivity contribution >= 4 is 58.3 Å². The van der Waals surface area contributed by atoms with Crippen LogP contribution in [0.25, 0.3) is 6.08 Å². The summed E-state index contributed by atoms with van der Waals surface area (Å²) < 4.78 is 0. The van der Waals surface area contributed by atoms with Crippen molar-refractivity contribution in [1.29, 1.82) is 0 Å². The predicted octanol–water partition coefficient (Wildman–Crippen LogP) is 7.69. The monoisotopic (exact) mass is 687 g/mol. The standard InChI is InChI=1S/C37H29N5O7S/c1-24-21-29(41(46)47)19-20-31(24)39-37(45)34(25-11-4-2-5-12-25)50-30-17-10-16-28(23-30)38-36(44)32(40-35(43)26-13-6-3-7-14-26)22-27-15-8-9-18-33(27)42(48)49/h2-23,34H,1H3,(H,38,44)(H,39,45)(H,40,43)/b32-22+. The van der Waals surface area contributed by atoms with E-state index in [9.17, 15) is 34.6 Å². The molecule has 13 heteroatoms. The van der Waals surface area contributed by atoms with Crippen LogP contribution in [0.1, 0.15) is 32.3 Å². The molecule has 0 saturated carbocycles. The molecule has 3 N–H and O–H groups in total. The zero-order valence-corrected chi connectivity index (χ0v) is 27.3. The molecule has 12 nitrogen and oxygen atoms in total. The number of non-ortho nitro benzene ring substituents is 1. The summed E-state index contributed by atoms with van der Waals surface area (Å²) in [5, 5.41) is 30.3. The zero-order chi connectivity index (χ0) is 35.6. The van der Waals surface area contributed by atoms with Crippen LogP contribution in [-0.4, -0.2) is 27.6 Å². The Morgan fingerprint density at radius 3 is 2.10 bits per heavy atom. The highest BCUT2D eigenvalue weighted by molar-refractivity contribution is 8.00. The van der Waals surface area contributed by atoms with E-state index < -0.39 is 26.9 Å². The third-order valence-corrected chi connectivity index (χ3v) is 8.58. The van der Waals surface area contributed by atoms with Gasteiger partial charge in [-0.2, -0.15) is 0 Å². The number of hydrogen-bond donors (Lipinski definition) is 3. The molecule has 0 heterocycles. The summed E-state index contributed by atoms with van der Waals surface area (Å²) in [6, 6.07) is 34.0. The van der Waals surface area contributed by atoms with Gasteiger partial charge in [-0.15, -0.1) is 11.8 Å². The fraction of sp³-hybridized carbons (Fsp3) is 0.0541. The molecule has 1 atom stereocenters. The first-order valence-electron chi connectivity index (χ1n) is 15.1. The number of rotatable bonds is 12. The number of nitro groups is 2. The maximum atomic E-state index is 13.7. The molecular formula is C37H29N5O7S. The Labute approximate surface area is 290 Å². The maximum Gasteiger partial charge on any atom is 0.276 e. The van der Waals surface area contributed by atoms with Crippen LogP contribution in [0.4, 0.5) is 22.7 Å². The van der Waals surface area contributed by atoms with E-state index in [1.54, 1.807) is 91.9 Å². The van der Waals surface area contributed by atoms with E-state index in [1.807, 2.05) is 6.07 Å². The summed E-state index contributed by atoms with van der Waals surface area (Å²) in [5.41, 5.74) is 1.81. The topological polar surface area (TPSA) is 174 Å². The molecule has 250 valence electrons. The number of nitrogens with zero attached hydrogens (tertiary/aromatic N) is 2. The fourth-order valence-corrected chi connectivity index (χ4v) is 5.94. The highest BCUT2D eigenvalue weighted by atomic mass is 32.2. The van der Waals surface area contributed by atoms with Gasteiger partial charge in [0, 0.05) is 40.0 Å². The lowest BCUT2D eigenvalue weighted by atomic mass is 10.1. The van der Waals surface area contributed by atoms with Gasteiger partial charge in [-0.1, -0.05) is 66.7 Å². The molecule has 5 aromatic rings.